The number of rotatable bonds is 5. The van der Waals surface area contributed by atoms with Gasteiger partial charge >= 0.3 is 6.09 Å². The van der Waals surface area contributed by atoms with Crippen molar-refractivity contribution >= 4 is 23.6 Å². The molecule has 1 aliphatic heterocycles. The van der Waals surface area contributed by atoms with E-state index < -0.39 is 12.2 Å². The van der Waals surface area contributed by atoms with Crippen molar-refractivity contribution in [2.24, 2.45) is 0 Å². The van der Waals surface area contributed by atoms with Crippen molar-refractivity contribution in [3.63, 3.8) is 0 Å². The van der Waals surface area contributed by atoms with E-state index in [-0.39, 0.29) is 24.3 Å². The predicted octanol–water partition coefficient (Wildman–Crippen LogP) is 1.51. The number of imidazole rings is 1. The van der Waals surface area contributed by atoms with Gasteiger partial charge in [-0.3, -0.25) is 4.79 Å². The fraction of sp³-hybridized carbons (Fsp3) is 0.643. The molecule has 9 heteroatoms. The SMILES string of the molecule is CCCc1[nH]c(C(=O)NC2CCN(C(=O)O)CC2OC)nc1Cl. The normalized spacial score (nSPS) is 21.3. The van der Waals surface area contributed by atoms with E-state index in [1.165, 1.54) is 12.0 Å². The van der Waals surface area contributed by atoms with Gasteiger partial charge in [0.05, 0.1) is 24.4 Å². The summed E-state index contributed by atoms with van der Waals surface area (Å²) in [5.41, 5.74) is 0.739. The first kappa shape index (κ1) is 17.6. The van der Waals surface area contributed by atoms with Gasteiger partial charge in [-0.1, -0.05) is 24.9 Å². The van der Waals surface area contributed by atoms with E-state index in [1.807, 2.05) is 6.92 Å². The topological polar surface area (TPSA) is 108 Å². The standard InChI is InChI=1S/C14H21ClN4O4/c1-3-4-9-11(15)18-12(16-9)13(20)17-8-5-6-19(14(21)22)7-10(8)23-2/h8,10H,3-7H2,1-2H3,(H,16,18)(H,17,20)(H,21,22). The second-order valence-electron chi connectivity index (χ2n) is 5.48. The zero-order valence-electron chi connectivity index (χ0n) is 13.1. The molecule has 2 atom stereocenters. The highest BCUT2D eigenvalue weighted by Crippen LogP contribution is 2.17. The summed E-state index contributed by atoms with van der Waals surface area (Å²) in [6, 6.07) is -0.276. The third kappa shape index (κ3) is 4.14. The van der Waals surface area contributed by atoms with Crippen LogP contribution in [-0.4, -0.2) is 64.3 Å². The van der Waals surface area contributed by atoms with Crippen molar-refractivity contribution in [1.29, 1.82) is 0 Å². The number of halogens is 1. The van der Waals surface area contributed by atoms with Crippen LogP contribution < -0.4 is 5.32 Å². The van der Waals surface area contributed by atoms with Gasteiger partial charge in [-0.15, -0.1) is 0 Å². The van der Waals surface area contributed by atoms with Crippen molar-refractivity contribution in [2.45, 2.75) is 38.3 Å². The highest BCUT2D eigenvalue weighted by Gasteiger charge is 2.33. The van der Waals surface area contributed by atoms with Gasteiger partial charge in [-0.25, -0.2) is 9.78 Å². The molecule has 2 amide bonds. The third-order valence-electron chi connectivity index (χ3n) is 3.89. The Kier molecular flexibility index (Phi) is 5.84. The lowest BCUT2D eigenvalue weighted by Crippen LogP contribution is -2.55. The van der Waals surface area contributed by atoms with Crippen LogP contribution in [0.1, 0.15) is 36.1 Å². The molecule has 1 aromatic heterocycles. The summed E-state index contributed by atoms with van der Waals surface area (Å²) in [6.45, 7) is 2.58. The predicted molar refractivity (Wildman–Crippen MR) is 83.9 cm³/mol. The van der Waals surface area contributed by atoms with Crippen LogP contribution in [-0.2, 0) is 11.2 Å². The van der Waals surface area contributed by atoms with Gasteiger partial charge in [0, 0.05) is 13.7 Å². The fourth-order valence-electron chi connectivity index (χ4n) is 2.64. The van der Waals surface area contributed by atoms with Gasteiger partial charge in [-0.05, 0) is 12.8 Å². The largest absolute Gasteiger partial charge is 0.465 e. The molecule has 128 valence electrons. The van der Waals surface area contributed by atoms with Crippen molar-refractivity contribution in [3.8, 4) is 0 Å². The maximum atomic E-state index is 12.3. The second kappa shape index (κ2) is 7.65. The number of aromatic nitrogens is 2. The van der Waals surface area contributed by atoms with E-state index >= 15 is 0 Å². The zero-order chi connectivity index (χ0) is 17.0. The number of methoxy groups -OCH3 is 1. The minimum Gasteiger partial charge on any atom is -0.465 e. The number of carbonyl (C=O) groups is 2. The first-order valence-corrected chi connectivity index (χ1v) is 7.90. The number of aryl methyl sites for hydroxylation is 1. The number of carbonyl (C=O) groups excluding carboxylic acids is 1. The molecular weight excluding hydrogens is 324 g/mol. The summed E-state index contributed by atoms with van der Waals surface area (Å²) >= 11 is 6.00. The van der Waals surface area contributed by atoms with Gasteiger partial charge in [-0.2, -0.15) is 0 Å². The number of aromatic amines is 1. The Morgan fingerprint density at radius 1 is 1.57 bits per heavy atom. The second-order valence-corrected chi connectivity index (χ2v) is 5.83. The Morgan fingerprint density at radius 3 is 2.91 bits per heavy atom. The maximum Gasteiger partial charge on any atom is 0.407 e. The maximum absolute atomic E-state index is 12.3. The van der Waals surface area contributed by atoms with Crippen LogP contribution in [0.25, 0.3) is 0 Å². The van der Waals surface area contributed by atoms with Crippen molar-refractivity contribution in [3.05, 3.63) is 16.7 Å². The van der Waals surface area contributed by atoms with E-state index in [4.69, 9.17) is 21.4 Å². The smallest absolute Gasteiger partial charge is 0.407 e. The number of ether oxygens (including phenoxy) is 1. The Hall–Kier alpha value is -1.80. The van der Waals surface area contributed by atoms with Crippen LogP contribution >= 0.6 is 11.6 Å². The molecule has 1 saturated heterocycles. The quantitative estimate of drug-likeness (QED) is 0.750. The zero-order valence-corrected chi connectivity index (χ0v) is 13.9. The average molecular weight is 345 g/mol. The lowest BCUT2D eigenvalue weighted by Gasteiger charge is -2.36. The molecule has 0 radical (unpaired) electrons. The van der Waals surface area contributed by atoms with E-state index in [1.54, 1.807) is 0 Å². The minimum atomic E-state index is -0.987. The monoisotopic (exact) mass is 344 g/mol. The summed E-state index contributed by atoms with van der Waals surface area (Å²) in [5, 5.41) is 12.2. The molecule has 0 saturated carbocycles. The van der Waals surface area contributed by atoms with Gasteiger partial charge in [0.1, 0.15) is 0 Å². The van der Waals surface area contributed by atoms with Crippen LogP contribution in [0, 0.1) is 0 Å². The number of nitrogens with zero attached hydrogens (tertiary/aromatic N) is 2. The molecule has 0 spiro atoms. The third-order valence-corrected chi connectivity index (χ3v) is 4.20. The highest BCUT2D eigenvalue weighted by atomic mass is 35.5. The highest BCUT2D eigenvalue weighted by molar-refractivity contribution is 6.30. The van der Waals surface area contributed by atoms with Gasteiger partial charge < -0.3 is 25.0 Å². The fourth-order valence-corrected chi connectivity index (χ4v) is 2.87. The molecule has 1 aliphatic rings. The van der Waals surface area contributed by atoms with E-state index in [0.717, 1.165) is 18.5 Å². The Balaban J connectivity index is 2.01. The number of likely N-dealkylation sites (tertiary alicyclic amines) is 1. The van der Waals surface area contributed by atoms with E-state index in [9.17, 15) is 9.59 Å². The van der Waals surface area contributed by atoms with E-state index in [0.29, 0.717) is 18.1 Å². The van der Waals surface area contributed by atoms with Crippen molar-refractivity contribution in [2.75, 3.05) is 20.2 Å². The molecule has 2 rings (SSSR count). The number of hydrogen-bond acceptors (Lipinski definition) is 4. The first-order valence-electron chi connectivity index (χ1n) is 7.52. The molecule has 23 heavy (non-hydrogen) atoms. The molecule has 0 aromatic carbocycles. The molecule has 3 N–H and O–H groups in total. The molecule has 1 fully saturated rings. The molecule has 8 nitrogen and oxygen atoms in total. The number of hydrogen-bond donors (Lipinski definition) is 3. The Morgan fingerprint density at radius 2 is 2.30 bits per heavy atom. The van der Waals surface area contributed by atoms with Gasteiger partial charge in [0.2, 0.25) is 0 Å². The summed E-state index contributed by atoms with van der Waals surface area (Å²) in [7, 11) is 1.50. The van der Waals surface area contributed by atoms with Crippen LogP contribution in [0.2, 0.25) is 5.15 Å². The first-order chi connectivity index (χ1) is 11.0. The summed E-state index contributed by atoms with van der Waals surface area (Å²) < 4.78 is 5.31. The van der Waals surface area contributed by atoms with Gasteiger partial charge in [0.15, 0.2) is 11.0 Å². The van der Waals surface area contributed by atoms with E-state index in [2.05, 4.69) is 15.3 Å². The number of H-pyrrole nitrogens is 1. The van der Waals surface area contributed by atoms with Crippen LogP contribution in [0.4, 0.5) is 4.79 Å². The Labute approximate surface area is 139 Å². The Bertz CT molecular complexity index is 577. The van der Waals surface area contributed by atoms with Crippen LogP contribution in [0.5, 0.6) is 0 Å². The van der Waals surface area contributed by atoms with Gasteiger partial charge in [0.25, 0.3) is 5.91 Å². The number of nitrogens with one attached hydrogen (secondary N) is 2. The summed E-state index contributed by atoms with van der Waals surface area (Å²) in [4.78, 5) is 31.6. The molecule has 0 bridgehead atoms. The molecule has 2 unspecified atom stereocenters. The summed E-state index contributed by atoms with van der Waals surface area (Å²) in [6.07, 6.45) is 0.703. The molecular formula is C14H21ClN4O4. The average Bonchev–Trinajstić information content (AvgIpc) is 2.89. The van der Waals surface area contributed by atoms with Crippen molar-refractivity contribution in [1.82, 2.24) is 20.2 Å². The number of piperidine rings is 1. The lowest BCUT2D eigenvalue weighted by atomic mass is 10.0. The minimum absolute atomic E-state index is 0.161. The number of amides is 2. The summed E-state index contributed by atoms with van der Waals surface area (Å²) in [5.74, 6) is -0.209. The molecule has 0 aliphatic carbocycles. The van der Waals surface area contributed by atoms with Crippen LogP contribution in [0.3, 0.4) is 0 Å². The molecule has 1 aromatic rings. The molecule has 2 heterocycles. The number of carboxylic acid groups (broad SMARTS) is 1. The van der Waals surface area contributed by atoms with Crippen LogP contribution in [0.15, 0.2) is 0 Å². The lowest BCUT2D eigenvalue weighted by molar-refractivity contribution is 0.0100. The van der Waals surface area contributed by atoms with Crippen molar-refractivity contribution < 1.29 is 19.4 Å².